The summed E-state index contributed by atoms with van der Waals surface area (Å²) in [5.41, 5.74) is 12.2. The zero-order valence-electron chi connectivity index (χ0n) is 37.1. The van der Waals surface area contributed by atoms with Crippen LogP contribution in [0.2, 0.25) is 0 Å². The minimum atomic E-state index is -0.263. The van der Waals surface area contributed by atoms with Gasteiger partial charge >= 0.3 is 0 Å². The lowest BCUT2D eigenvalue weighted by Gasteiger charge is -2.22. The van der Waals surface area contributed by atoms with Gasteiger partial charge in [-0.05, 0) is 113 Å². The first-order valence-corrected chi connectivity index (χ1v) is 25.0. The van der Waals surface area contributed by atoms with E-state index >= 15 is 0 Å². The summed E-state index contributed by atoms with van der Waals surface area (Å²) in [7, 11) is 0. The van der Waals surface area contributed by atoms with Crippen molar-refractivity contribution in [2.75, 3.05) is 16.0 Å². The summed E-state index contributed by atoms with van der Waals surface area (Å²) in [6.07, 6.45) is 0. The molecule has 13 heteroatoms. The fourth-order valence-electron chi connectivity index (χ4n) is 10.0. The molecule has 0 atom stereocenters. The molecule has 3 N–H and O–H groups in total. The highest BCUT2D eigenvalue weighted by molar-refractivity contribution is 7.14. The smallest absolute Gasteiger partial charge is 0.196 e. The Labute approximate surface area is 411 Å². The van der Waals surface area contributed by atoms with Crippen molar-refractivity contribution in [3.8, 4) is 33.8 Å². The molecule has 0 amide bonds. The average Bonchev–Trinajstić information content (AvgIpc) is 4.16. The van der Waals surface area contributed by atoms with E-state index in [1.165, 1.54) is 34.6 Å². The van der Waals surface area contributed by atoms with E-state index in [1.54, 1.807) is 18.2 Å². The molecule has 3 heterocycles. The van der Waals surface area contributed by atoms with Gasteiger partial charge in [0.25, 0.3) is 0 Å². The number of hydrogen-bond donors (Lipinski definition) is 3. The van der Waals surface area contributed by atoms with Crippen LogP contribution in [-0.2, 0) is 0 Å². The molecule has 0 bridgehead atoms. The lowest BCUT2D eigenvalue weighted by molar-refractivity contribution is 0.103. The molecule has 3 aliphatic rings. The van der Waals surface area contributed by atoms with Gasteiger partial charge in [0.1, 0.15) is 0 Å². The molecule has 0 aliphatic heterocycles. The lowest BCUT2D eigenvalue weighted by atomic mass is 9.86. The van der Waals surface area contributed by atoms with Crippen LogP contribution in [0, 0.1) is 0 Å². The SMILES string of the molecule is CC.O=C(c1ccc(Nc2cccc3c2C(=O)c2cccc4snc-3c24)cc1)c1ccc(Nc2cccc3c2C(=O)c2cccc4snc-3c24)cc1Nc1cccc2c1C(=O)c1cccc3snc-2c13. The van der Waals surface area contributed by atoms with Crippen molar-refractivity contribution in [3.05, 3.63) is 196 Å². The molecular weight excluding hydrogens is 929 g/mol. The maximum Gasteiger partial charge on any atom is 0.196 e. The van der Waals surface area contributed by atoms with E-state index in [-0.39, 0.29) is 23.1 Å². The first-order chi connectivity index (χ1) is 34.4. The Hall–Kier alpha value is -8.49. The molecular formula is C57H34N6O4S3. The number of carbonyl (C=O) groups excluding carboxylic acids is 4. The summed E-state index contributed by atoms with van der Waals surface area (Å²) in [4.78, 5) is 57.3. The Balaban J connectivity index is 0.00000237. The first-order valence-electron chi connectivity index (χ1n) is 22.7. The molecule has 11 aromatic rings. The number of nitrogens with one attached hydrogen (secondary N) is 3. The third-order valence-corrected chi connectivity index (χ3v) is 15.5. The predicted molar refractivity (Wildman–Crippen MR) is 283 cm³/mol. The van der Waals surface area contributed by atoms with Crippen molar-refractivity contribution in [2.45, 2.75) is 13.8 Å². The lowest BCUT2D eigenvalue weighted by Crippen LogP contribution is -2.14. The Bertz CT molecular complexity index is 4110. The normalized spacial score (nSPS) is 12.6. The summed E-state index contributed by atoms with van der Waals surface area (Å²) < 4.78 is 17.1. The van der Waals surface area contributed by atoms with Crippen molar-refractivity contribution in [2.24, 2.45) is 0 Å². The number of carbonyl (C=O) groups is 4. The molecule has 3 aliphatic carbocycles. The molecule has 0 saturated carbocycles. The van der Waals surface area contributed by atoms with E-state index in [4.69, 9.17) is 13.1 Å². The monoisotopic (exact) mass is 962 g/mol. The molecule has 334 valence electrons. The van der Waals surface area contributed by atoms with Gasteiger partial charge in [0.05, 0.1) is 70.6 Å². The van der Waals surface area contributed by atoms with Crippen LogP contribution in [0.25, 0.3) is 64.0 Å². The molecule has 70 heavy (non-hydrogen) atoms. The molecule has 8 aromatic carbocycles. The molecule has 3 aromatic heterocycles. The fraction of sp³-hybridized carbons (Fsp3) is 0.0351. The van der Waals surface area contributed by atoms with E-state index in [0.717, 1.165) is 58.5 Å². The van der Waals surface area contributed by atoms with E-state index in [9.17, 15) is 19.2 Å². The molecule has 0 fully saturated rings. The number of aromatic nitrogens is 3. The average molecular weight is 963 g/mol. The van der Waals surface area contributed by atoms with E-state index < -0.39 is 0 Å². The third kappa shape index (κ3) is 6.18. The van der Waals surface area contributed by atoms with Crippen LogP contribution in [0.3, 0.4) is 0 Å². The minimum Gasteiger partial charge on any atom is -0.355 e. The number of benzene rings is 8. The molecule has 10 nitrogen and oxygen atoms in total. The van der Waals surface area contributed by atoms with Crippen LogP contribution < -0.4 is 16.0 Å². The number of nitrogens with zero attached hydrogens (tertiary/aromatic N) is 3. The van der Waals surface area contributed by atoms with Crippen molar-refractivity contribution in [1.29, 1.82) is 0 Å². The van der Waals surface area contributed by atoms with Gasteiger partial charge in [0.15, 0.2) is 23.1 Å². The fourth-order valence-corrected chi connectivity index (χ4v) is 12.5. The Morgan fingerprint density at radius 2 is 0.771 bits per heavy atom. The summed E-state index contributed by atoms with van der Waals surface area (Å²) >= 11 is 4.12. The number of rotatable bonds is 8. The second-order valence-corrected chi connectivity index (χ2v) is 19.3. The quantitative estimate of drug-likeness (QED) is 0.126. The largest absolute Gasteiger partial charge is 0.355 e. The van der Waals surface area contributed by atoms with Gasteiger partial charge in [-0.2, -0.15) is 13.1 Å². The van der Waals surface area contributed by atoms with Crippen molar-refractivity contribution >= 4 is 122 Å². The van der Waals surface area contributed by atoms with Gasteiger partial charge in [-0.25, -0.2) is 0 Å². The Morgan fingerprint density at radius 3 is 1.21 bits per heavy atom. The Kier molecular flexibility index (Phi) is 9.56. The summed E-state index contributed by atoms with van der Waals surface area (Å²) in [5, 5.41) is 13.1. The van der Waals surface area contributed by atoms with Crippen LogP contribution in [0.15, 0.2) is 152 Å². The van der Waals surface area contributed by atoms with Crippen molar-refractivity contribution in [3.63, 3.8) is 0 Å². The van der Waals surface area contributed by atoms with Crippen molar-refractivity contribution < 1.29 is 19.2 Å². The van der Waals surface area contributed by atoms with Gasteiger partial charge in [-0.1, -0.05) is 86.6 Å². The molecule has 0 radical (unpaired) electrons. The maximum absolute atomic E-state index is 14.8. The molecule has 0 saturated heterocycles. The van der Waals surface area contributed by atoms with E-state index in [2.05, 4.69) is 16.0 Å². The Morgan fingerprint density at radius 1 is 0.400 bits per heavy atom. The van der Waals surface area contributed by atoms with Crippen molar-refractivity contribution in [1.82, 2.24) is 13.1 Å². The highest BCUT2D eigenvalue weighted by atomic mass is 32.1. The van der Waals surface area contributed by atoms with Crippen LogP contribution in [0.4, 0.5) is 34.1 Å². The summed E-state index contributed by atoms with van der Waals surface area (Å²) in [6, 6.07) is 46.7. The molecule has 0 unspecified atom stereocenters. The number of ketones is 4. The molecule has 0 spiro atoms. The van der Waals surface area contributed by atoms with E-state index in [1.807, 2.05) is 147 Å². The maximum atomic E-state index is 14.8. The highest BCUT2D eigenvalue weighted by Crippen LogP contribution is 2.47. The number of fused-ring (bicyclic) bond motifs is 6. The second-order valence-electron chi connectivity index (χ2n) is 16.8. The summed E-state index contributed by atoms with van der Waals surface area (Å²) in [5.74, 6) is -0.564. The van der Waals surface area contributed by atoms with Gasteiger partial charge in [-0.3, -0.25) is 19.2 Å². The predicted octanol–water partition coefficient (Wildman–Crippen LogP) is 14.6. The second kappa shape index (κ2) is 16.1. The van der Waals surface area contributed by atoms with Crippen LogP contribution in [0.5, 0.6) is 0 Å². The zero-order valence-corrected chi connectivity index (χ0v) is 39.6. The van der Waals surface area contributed by atoms with Gasteiger partial charge in [0.2, 0.25) is 0 Å². The third-order valence-electron chi connectivity index (χ3n) is 13.1. The first kappa shape index (κ1) is 41.7. The van der Waals surface area contributed by atoms with Gasteiger partial charge < -0.3 is 16.0 Å². The van der Waals surface area contributed by atoms with Crippen LogP contribution in [-0.4, -0.2) is 36.3 Å². The topological polar surface area (TPSA) is 143 Å². The van der Waals surface area contributed by atoms with E-state index in [0.29, 0.717) is 84.2 Å². The van der Waals surface area contributed by atoms with Gasteiger partial charge in [0, 0.05) is 72.0 Å². The number of anilines is 6. The minimum absolute atomic E-state index is 0.0680. The van der Waals surface area contributed by atoms with Crippen LogP contribution >= 0.6 is 34.6 Å². The van der Waals surface area contributed by atoms with Crippen LogP contribution in [0.1, 0.15) is 77.5 Å². The van der Waals surface area contributed by atoms with Gasteiger partial charge in [-0.15, -0.1) is 0 Å². The zero-order chi connectivity index (χ0) is 47.4. The number of hydrogen-bond acceptors (Lipinski definition) is 13. The highest BCUT2D eigenvalue weighted by Gasteiger charge is 2.33. The summed E-state index contributed by atoms with van der Waals surface area (Å²) in [6.45, 7) is 4.00. The molecule has 14 rings (SSSR count). The standard InChI is InChI=1S/C55H28N6O4S3.C2H6/c62-52(26-19-21-27(22-20-26)56-36-13-1-7-30-43(36)53(63)33-10-4-16-40-46(33)49(30)59-66-40)29-24-23-28(57-37-14-2-8-31-44(37)54(64)34-11-5-17-41-47(34)50(31)60-67-41)25-39(29)58-38-15-3-9-32-45(38)55(65)35-12-6-18-42-48(35)51(32)61-68-42;1-2/h1-25,56-58H;1-2H3.